The molecule has 3 heterocycles. The first-order valence-electron chi connectivity index (χ1n) is 9.31. The van der Waals surface area contributed by atoms with Crippen LogP contribution in [-0.2, 0) is 9.59 Å². The van der Waals surface area contributed by atoms with Crippen LogP contribution in [0.3, 0.4) is 0 Å². The molecule has 4 rings (SSSR count). The number of carbonyl (C=O) groups excluding carboxylic acids is 2. The summed E-state index contributed by atoms with van der Waals surface area (Å²) in [5, 5.41) is 10.1. The summed E-state index contributed by atoms with van der Waals surface area (Å²) in [5.74, 6) is -0.497. The minimum Gasteiger partial charge on any atom is -0.317 e. The van der Waals surface area contributed by atoms with Crippen LogP contribution in [0.4, 0.5) is 8.78 Å². The van der Waals surface area contributed by atoms with Gasteiger partial charge in [-0.2, -0.15) is 5.10 Å². The molecule has 2 aliphatic rings. The highest BCUT2D eigenvalue weighted by Crippen LogP contribution is 2.36. The van der Waals surface area contributed by atoms with Gasteiger partial charge in [-0.1, -0.05) is 0 Å². The lowest BCUT2D eigenvalue weighted by Gasteiger charge is -2.25. The number of hydrogen-bond donors (Lipinski definition) is 2. The van der Waals surface area contributed by atoms with Crippen LogP contribution in [0.1, 0.15) is 60.9 Å². The van der Waals surface area contributed by atoms with Crippen molar-refractivity contribution in [2.45, 2.75) is 51.0 Å². The third-order valence-corrected chi connectivity index (χ3v) is 5.61. The summed E-state index contributed by atoms with van der Waals surface area (Å²) < 4.78 is 28.7. The Morgan fingerprint density at radius 3 is 2.59 bits per heavy atom. The van der Waals surface area contributed by atoms with Crippen LogP contribution in [0.15, 0.2) is 12.1 Å². The van der Waals surface area contributed by atoms with Crippen LogP contribution in [0.5, 0.6) is 0 Å². The smallest absolute Gasteiger partial charge is 0.282 e. The molecule has 1 aromatic heterocycles. The van der Waals surface area contributed by atoms with Crippen molar-refractivity contribution in [2.75, 3.05) is 13.1 Å². The molecule has 0 spiro atoms. The second-order valence-corrected chi connectivity index (χ2v) is 7.35. The number of aromatic nitrogens is 2. The van der Waals surface area contributed by atoms with Crippen LogP contribution in [0, 0.1) is 6.92 Å². The summed E-state index contributed by atoms with van der Waals surface area (Å²) in [5.41, 5.74) is 2.32. The third kappa shape index (κ3) is 3.22. The number of rotatable bonds is 3. The van der Waals surface area contributed by atoms with E-state index < -0.39 is 18.4 Å². The predicted molar refractivity (Wildman–Crippen MR) is 95.7 cm³/mol. The molecule has 2 saturated heterocycles. The number of nitrogens with one attached hydrogen (secondary N) is 2. The van der Waals surface area contributed by atoms with E-state index in [0.29, 0.717) is 16.8 Å². The van der Waals surface area contributed by atoms with Gasteiger partial charge in [0.05, 0.1) is 5.52 Å². The van der Waals surface area contributed by atoms with Gasteiger partial charge in [0.2, 0.25) is 5.91 Å². The van der Waals surface area contributed by atoms with Gasteiger partial charge in [0, 0.05) is 11.8 Å². The minimum absolute atomic E-state index is 0.175. The van der Waals surface area contributed by atoms with E-state index >= 15 is 0 Å². The van der Waals surface area contributed by atoms with Gasteiger partial charge in [0.25, 0.3) is 12.3 Å². The molecule has 1 atom stereocenters. The van der Waals surface area contributed by atoms with Gasteiger partial charge in [0.15, 0.2) is 0 Å². The van der Waals surface area contributed by atoms with E-state index in [4.69, 9.17) is 0 Å². The number of amides is 2. The summed E-state index contributed by atoms with van der Waals surface area (Å²) in [7, 11) is 0. The number of fused-ring (bicyclic) bond motifs is 1. The van der Waals surface area contributed by atoms with E-state index in [1.54, 1.807) is 0 Å². The summed E-state index contributed by atoms with van der Waals surface area (Å²) in [6, 6.07) is 2.94. The molecule has 0 aliphatic carbocycles. The van der Waals surface area contributed by atoms with E-state index in [9.17, 15) is 18.4 Å². The molecule has 1 aromatic carbocycles. The number of nitrogens with zero attached hydrogens (tertiary/aromatic N) is 2. The van der Waals surface area contributed by atoms with Crippen molar-refractivity contribution < 1.29 is 18.4 Å². The fourth-order valence-electron chi connectivity index (χ4n) is 4.21. The molecule has 0 radical (unpaired) electrons. The number of benzene rings is 1. The maximum Gasteiger partial charge on any atom is 0.282 e. The predicted octanol–water partition coefficient (Wildman–Crippen LogP) is 2.73. The highest BCUT2D eigenvalue weighted by Gasteiger charge is 2.32. The van der Waals surface area contributed by atoms with Crippen molar-refractivity contribution in [2.24, 2.45) is 0 Å². The van der Waals surface area contributed by atoms with Crippen molar-refractivity contribution in [1.82, 2.24) is 20.4 Å². The zero-order valence-corrected chi connectivity index (χ0v) is 15.1. The maximum absolute atomic E-state index is 13.7. The number of halogens is 2. The molecule has 144 valence electrons. The Hall–Kier alpha value is -2.35. The lowest BCUT2D eigenvalue weighted by atomic mass is 9.86. The number of piperidine rings is 2. The molecule has 2 aromatic rings. The Balaban J connectivity index is 1.83. The summed E-state index contributed by atoms with van der Waals surface area (Å²) in [6.07, 6.45) is -0.354. The van der Waals surface area contributed by atoms with Gasteiger partial charge in [-0.05, 0) is 68.5 Å². The SMILES string of the molecule is Cc1cc2c(cc1C1CCNCC1)c(C(F)F)nn2C1CCC(=O)NC1=O. The Kier molecular flexibility index (Phi) is 4.67. The van der Waals surface area contributed by atoms with Crippen molar-refractivity contribution in [3.8, 4) is 0 Å². The van der Waals surface area contributed by atoms with E-state index in [2.05, 4.69) is 15.7 Å². The number of alkyl halides is 2. The molecule has 1 unspecified atom stereocenters. The van der Waals surface area contributed by atoms with Crippen LogP contribution >= 0.6 is 0 Å². The molecule has 6 nitrogen and oxygen atoms in total. The monoisotopic (exact) mass is 376 g/mol. The van der Waals surface area contributed by atoms with Gasteiger partial charge in [0.1, 0.15) is 11.7 Å². The van der Waals surface area contributed by atoms with Crippen LogP contribution in [0.25, 0.3) is 10.9 Å². The van der Waals surface area contributed by atoms with Crippen LogP contribution in [0.2, 0.25) is 0 Å². The average Bonchev–Trinajstić information content (AvgIpc) is 3.00. The number of imide groups is 1. The molecule has 2 N–H and O–H groups in total. The van der Waals surface area contributed by atoms with Gasteiger partial charge in [-0.3, -0.25) is 19.6 Å². The molecule has 0 bridgehead atoms. The fraction of sp³-hybridized carbons (Fsp3) is 0.526. The van der Waals surface area contributed by atoms with E-state index in [0.717, 1.165) is 37.1 Å². The lowest BCUT2D eigenvalue weighted by molar-refractivity contribution is -0.135. The number of hydrogen-bond acceptors (Lipinski definition) is 4. The average molecular weight is 376 g/mol. The Morgan fingerprint density at radius 2 is 1.93 bits per heavy atom. The normalized spacial score (nSPS) is 21.9. The minimum atomic E-state index is -2.73. The quantitative estimate of drug-likeness (QED) is 0.808. The third-order valence-electron chi connectivity index (χ3n) is 5.61. The molecule has 27 heavy (non-hydrogen) atoms. The number of aryl methyl sites for hydroxylation is 1. The van der Waals surface area contributed by atoms with E-state index in [-0.39, 0.29) is 24.4 Å². The first-order chi connectivity index (χ1) is 13.0. The Labute approximate surface area is 155 Å². The summed E-state index contributed by atoms with van der Waals surface area (Å²) in [6.45, 7) is 3.80. The first kappa shape index (κ1) is 18.0. The van der Waals surface area contributed by atoms with E-state index in [1.807, 2.05) is 19.1 Å². The summed E-state index contributed by atoms with van der Waals surface area (Å²) in [4.78, 5) is 23.7. The topological polar surface area (TPSA) is 76.0 Å². The first-order valence-corrected chi connectivity index (χ1v) is 9.31. The molecule has 8 heteroatoms. The van der Waals surface area contributed by atoms with Gasteiger partial charge in [-0.15, -0.1) is 0 Å². The molecule has 2 amide bonds. The molecule has 2 aliphatic heterocycles. The largest absolute Gasteiger partial charge is 0.317 e. The van der Waals surface area contributed by atoms with Gasteiger partial charge < -0.3 is 5.32 Å². The number of carbonyl (C=O) groups is 2. The van der Waals surface area contributed by atoms with Crippen LogP contribution < -0.4 is 10.6 Å². The highest BCUT2D eigenvalue weighted by molar-refractivity contribution is 6.00. The van der Waals surface area contributed by atoms with Crippen molar-refractivity contribution >= 4 is 22.7 Å². The Morgan fingerprint density at radius 1 is 1.19 bits per heavy atom. The van der Waals surface area contributed by atoms with Crippen LogP contribution in [-0.4, -0.2) is 34.7 Å². The van der Waals surface area contributed by atoms with Crippen molar-refractivity contribution in [3.05, 3.63) is 29.0 Å². The van der Waals surface area contributed by atoms with Crippen molar-refractivity contribution in [1.29, 1.82) is 0 Å². The van der Waals surface area contributed by atoms with Gasteiger partial charge in [-0.25, -0.2) is 8.78 Å². The second kappa shape index (κ2) is 6.99. The zero-order valence-electron chi connectivity index (χ0n) is 15.1. The maximum atomic E-state index is 13.7. The lowest BCUT2D eigenvalue weighted by Crippen LogP contribution is -2.42. The van der Waals surface area contributed by atoms with Gasteiger partial charge >= 0.3 is 0 Å². The van der Waals surface area contributed by atoms with E-state index in [1.165, 1.54) is 4.68 Å². The standard InChI is InChI=1S/C19H22F2N4O2/c1-10-8-15-13(9-12(10)11-4-6-22-7-5-11)17(18(20)21)24-25(15)14-2-3-16(26)23-19(14)27/h8-9,11,14,18,22H,2-7H2,1H3,(H,23,26,27). The Bertz CT molecular complexity index is 903. The van der Waals surface area contributed by atoms with Crippen molar-refractivity contribution in [3.63, 3.8) is 0 Å². The fourth-order valence-corrected chi connectivity index (χ4v) is 4.21. The molecule has 2 fully saturated rings. The highest BCUT2D eigenvalue weighted by atomic mass is 19.3. The molecular weight excluding hydrogens is 354 g/mol. The molecule has 0 saturated carbocycles. The molecular formula is C19H22F2N4O2. The zero-order chi connectivity index (χ0) is 19.1. The summed E-state index contributed by atoms with van der Waals surface area (Å²) >= 11 is 0. The second-order valence-electron chi connectivity index (χ2n) is 7.35.